The van der Waals surface area contributed by atoms with E-state index in [1.807, 2.05) is 91.0 Å². The van der Waals surface area contributed by atoms with Crippen LogP contribution in [0.5, 0.6) is 0 Å². The first kappa shape index (κ1) is 25.2. The molecular weight excluding hydrogens is 518 g/mol. The molecule has 0 aliphatic carbocycles. The summed E-state index contributed by atoms with van der Waals surface area (Å²) in [6.45, 7) is 1.49. The molecular formula is C27H21Cl2N2O2PS. The highest BCUT2D eigenvalue weighted by Crippen LogP contribution is 2.54. The number of carbonyl (C=O) groups excluding carboxylic acids is 1. The van der Waals surface area contributed by atoms with Crippen LogP contribution in [0.3, 0.4) is 0 Å². The van der Waals surface area contributed by atoms with Gasteiger partial charge in [0.25, 0.3) is 0 Å². The van der Waals surface area contributed by atoms with E-state index in [0.717, 1.165) is 16.9 Å². The van der Waals surface area contributed by atoms with E-state index >= 15 is 0 Å². The number of nitrogens with zero attached hydrogens (tertiary/aromatic N) is 1. The lowest BCUT2D eigenvalue weighted by atomic mass is 10.1. The van der Waals surface area contributed by atoms with Crippen molar-refractivity contribution in [2.45, 2.75) is 6.92 Å². The van der Waals surface area contributed by atoms with Gasteiger partial charge in [0.2, 0.25) is 7.29 Å². The SMILES string of the molecule is CC(=O)c1sc(NP(=O)(C=C(Cl)c2ccccc2)C=C(Cl)c2ccccc2)nc1-c1ccccc1. The van der Waals surface area contributed by atoms with Crippen molar-refractivity contribution in [1.29, 1.82) is 0 Å². The molecule has 0 aliphatic rings. The minimum Gasteiger partial charge on any atom is -0.306 e. The summed E-state index contributed by atoms with van der Waals surface area (Å²) >= 11 is 14.3. The van der Waals surface area contributed by atoms with Gasteiger partial charge < -0.3 is 5.09 Å². The fourth-order valence-electron chi connectivity index (χ4n) is 3.33. The summed E-state index contributed by atoms with van der Waals surface area (Å²) in [4.78, 5) is 17.4. The van der Waals surface area contributed by atoms with Crippen molar-refractivity contribution in [3.05, 3.63) is 119 Å². The van der Waals surface area contributed by atoms with Crippen LogP contribution >= 0.6 is 41.8 Å². The fourth-order valence-corrected chi connectivity index (χ4v) is 7.32. The molecule has 4 nitrogen and oxygen atoms in total. The molecule has 0 aliphatic heterocycles. The van der Waals surface area contributed by atoms with Crippen LogP contribution in [-0.2, 0) is 4.57 Å². The van der Waals surface area contributed by atoms with Crippen LogP contribution in [0.25, 0.3) is 21.3 Å². The van der Waals surface area contributed by atoms with Crippen molar-refractivity contribution in [3.8, 4) is 11.3 Å². The second-order valence-electron chi connectivity index (χ2n) is 7.63. The first-order chi connectivity index (χ1) is 16.8. The molecule has 0 saturated heterocycles. The van der Waals surface area contributed by atoms with Gasteiger partial charge in [-0.05, 0) is 11.1 Å². The number of thiazole rings is 1. The summed E-state index contributed by atoms with van der Waals surface area (Å²) in [6.07, 6.45) is 0. The van der Waals surface area contributed by atoms with Crippen LogP contribution in [0, 0.1) is 0 Å². The molecule has 0 fully saturated rings. The Labute approximate surface area is 218 Å². The number of benzene rings is 3. The summed E-state index contributed by atoms with van der Waals surface area (Å²) in [5, 5.41) is 3.98. The summed E-state index contributed by atoms with van der Waals surface area (Å²) in [7, 11) is -3.51. The minimum absolute atomic E-state index is 0.125. The molecule has 3 aromatic carbocycles. The molecule has 0 atom stereocenters. The van der Waals surface area contributed by atoms with Crippen LogP contribution in [0.4, 0.5) is 5.13 Å². The second-order valence-corrected chi connectivity index (χ2v) is 11.6. The van der Waals surface area contributed by atoms with Gasteiger partial charge in [0, 0.05) is 24.1 Å². The van der Waals surface area contributed by atoms with Crippen LogP contribution < -0.4 is 5.09 Å². The highest BCUT2D eigenvalue weighted by molar-refractivity contribution is 7.72. The van der Waals surface area contributed by atoms with Crippen molar-refractivity contribution in [3.63, 3.8) is 0 Å². The zero-order valence-electron chi connectivity index (χ0n) is 18.7. The maximum Gasteiger partial charge on any atom is 0.217 e. The van der Waals surface area contributed by atoms with Crippen molar-refractivity contribution in [2.75, 3.05) is 5.09 Å². The predicted molar refractivity (Wildman–Crippen MR) is 149 cm³/mol. The lowest BCUT2D eigenvalue weighted by molar-refractivity contribution is 0.102. The molecule has 35 heavy (non-hydrogen) atoms. The smallest absolute Gasteiger partial charge is 0.217 e. The summed E-state index contributed by atoms with van der Waals surface area (Å²) < 4.78 is 14.2. The molecule has 1 heterocycles. The van der Waals surface area contributed by atoms with Crippen molar-refractivity contribution in [1.82, 2.24) is 4.98 Å². The number of carbonyl (C=O) groups is 1. The van der Waals surface area contributed by atoms with Gasteiger partial charge in [-0.2, -0.15) is 0 Å². The van der Waals surface area contributed by atoms with E-state index in [-0.39, 0.29) is 5.78 Å². The Morgan fingerprint density at radius 2 is 1.29 bits per heavy atom. The Bertz CT molecular complexity index is 1380. The molecule has 0 unspecified atom stereocenters. The molecule has 0 bridgehead atoms. The van der Waals surface area contributed by atoms with Crippen LogP contribution in [-0.4, -0.2) is 10.8 Å². The normalized spacial score (nSPS) is 13.8. The molecule has 0 spiro atoms. The summed E-state index contributed by atoms with van der Waals surface area (Å²) in [5.41, 5.74) is 2.77. The van der Waals surface area contributed by atoms with Gasteiger partial charge in [-0.25, -0.2) is 4.98 Å². The van der Waals surface area contributed by atoms with Crippen LogP contribution in [0.15, 0.2) is 103 Å². The largest absolute Gasteiger partial charge is 0.306 e. The quantitative estimate of drug-likeness (QED) is 0.179. The Balaban J connectivity index is 1.79. The number of nitrogens with one attached hydrogen (secondary N) is 1. The molecule has 1 N–H and O–H groups in total. The molecule has 4 aromatic rings. The van der Waals surface area contributed by atoms with Crippen molar-refractivity contribution in [2.24, 2.45) is 0 Å². The van der Waals surface area contributed by atoms with E-state index in [1.54, 1.807) is 0 Å². The zero-order chi connectivity index (χ0) is 24.8. The van der Waals surface area contributed by atoms with Gasteiger partial charge in [-0.3, -0.25) is 9.36 Å². The number of halogens is 2. The number of anilines is 1. The lowest BCUT2D eigenvalue weighted by Crippen LogP contribution is -1.94. The van der Waals surface area contributed by atoms with Gasteiger partial charge in [-0.15, -0.1) is 0 Å². The maximum absolute atomic E-state index is 14.2. The molecule has 0 radical (unpaired) electrons. The van der Waals surface area contributed by atoms with Gasteiger partial charge in [0.1, 0.15) is 0 Å². The molecule has 1 aromatic heterocycles. The van der Waals surface area contributed by atoms with E-state index < -0.39 is 7.29 Å². The van der Waals surface area contributed by atoms with Crippen molar-refractivity contribution < 1.29 is 9.36 Å². The van der Waals surface area contributed by atoms with E-state index in [0.29, 0.717) is 36.9 Å². The number of hydrogen-bond donors (Lipinski definition) is 1. The first-order valence-electron chi connectivity index (χ1n) is 10.7. The lowest BCUT2D eigenvalue weighted by Gasteiger charge is -2.13. The molecule has 0 amide bonds. The Kier molecular flexibility index (Phi) is 8.04. The fraction of sp³-hybridized carbons (Fsp3) is 0.0370. The van der Waals surface area contributed by atoms with Gasteiger partial charge >= 0.3 is 0 Å². The second kappa shape index (κ2) is 11.2. The Morgan fingerprint density at radius 1 is 0.829 bits per heavy atom. The highest BCUT2D eigenvalue weighted by Gasteiger charge is 2.24. The predicted octanol–water partition coefficient (Wildman–Crippen LogP) is 9.18. The topological polar surface area (TPSA) is 59.1 Å². The zero-order valence-corrected chi connectivity index (χ0v) is 21.9. The van der Waals surface area contributed by atoms with E-state index in [4.69, 9.17) is 23.2 Å². The van der Waals surface area contributed by atoms with Crippen LogP contribution in [0.2, 0.25) is 0 Å². The minimum atomic E-state index is -3.51. The van der Waals surface area contributed by atoms with Crippen LogP contribution in [0.1, 0.15) is 27.7 Å². The Morgan fingerprint density at radius 3 is 1.74 bits per heavy atom. The third-order valence-electron chi connectivity index (χ3n) is 4.97. The van der Waals surface area contributed by atoms with Gasteiger partial charge in [0.15, 0.2) is 10.9 Å². The number of ketones is 1. The first-order valence-corrected chi connectivity index (χ1v) is 14.1. The summed E-state index contributed by atoms with van der Waals surface area (Å²) in [5.74, 6) is 2.80. The van der Waals surface area contributed by atoms with E-state index in [2.05, 4.69) is 10.1 Å². The van der Waals surface area contributed by atoms with E-state index in [9.17, 15) is 9.36 Å². The number of Topliss-reactive ketones (excluding diaryl/α,β-unsaturated/α-hetero) is 1. The number of hydrogen-bond acceptors (Lipinski definition) is 4. The molecule has 4 rings (SSSR count). The molecule has 176 valence electrons. The van der Waals surface area contributed by atoms with Gasteiger partial charge in [0.05, 0.1) is 20.6 Å². The maximum atomic E-state index is 14.2. The summed E-state index contributed by atoms with van der Waals surface area (Å²) in [6, 6.07) is 27.9. The molecule has 8 heteroatoms. The monoisotopic (exact) mass is 538 g/mol. The van der Waals surface area contributed by atoms with E-state index in [1.165, 1.54) is 18.6 Å². The van der Waals surface area contributed by atoms with Crippen molar-refractivity contribution >= 4 is 62.8 Å². The highest BCUT2D eigenvalue weighted by atomic mass is 35.5. The Hall–Kier alpha value is -2.95. The van der Waals surface area contributed by atoms with Gasteiger partial charge in [-0.1, -0.05) is 126 Å². The molecule has 0 saturated carbocycles. The third-order valence-corrected chi connectivity index (χ3v) is 9.00. The average molecular weight is 539 g/mol. The third kappa shape index (κ3) is 6.39. The average Bonchev–Trinajstić information content (AvgIpc) is 3.29. The number of rotatable bonds is 8. The number of aromatic nitrogens is 1. The standard InChI is InChI=1S/C27H21Cl2N2O2PS/c1-19(32)26-25(22-15-9-4-10-16-22)30-27(35-26)31-34(33,17-23(28)20-11-5-2-6-12-20)18-24(29)21-13-7-3-8-14-21/h2-18H,1H3,(H,30,31,33).